The Labute approximate surface area is 170 Å². The van der Waals surface area contributed by atoms with Gasteiger partial charge in [-0.1, -0.05) is 26.0 Å². The van der Waals surface area contributed by atoms with Gasteiger partial charge in [-0.15, -0.1) is 0 Å². The topological polar surface area (TPSA) is 91.8 Å². The van der Waals surface area contributed by atoms with Crippen LogP contribution in [0.3, 0.4) is 0 Å². The summed E-state index contributed by atoms with van der Waals surface area (Å²) in [7, 11) is -1.98. The summed E-state index contributed by atoms with van der Waals surface area (Å²) in [6, 6.07) is 7.13. The number of nitrogens with one attached hydrogen (secondary N) is 3. The van der Waals surface area contributed by atoms with Crippen LogP contribution in [0, 0.1) is 5.92 Å². The van der Waals surface area contributed by atoms with Crippen molar-refractivity contribution in [2.45, 2.75) is 58.0 Å². The second-order valence-electron chi connectivity index (χ2n) is 7.25. The predicted octanol–water partition coefficient (Wildman–Crippen LogP) is 2.49. The van der Waals surface area contributed by atoms with E-state index in [-0.39, 0.29) is 11.4 Å². The van der Waals surface area contributed by atoms with Gasteiger partial charge in [0.2, 0.25) is 10.0 Å². The number of guanidine groups is 1. The first-order valence-electron chi connectivity index (χ1n) is 9.90. The number of ether oxygens (including phenoxy) is 1. The summed E-state index contributed by atoms with van der Waals surface area (Å²) in [5, 5.41) is 6.69. The van der Waals surface area contributed by atoms with Crippen LogP contribution in [0.5, 0.6) is 0 Å². The number of hydrogen-bond donors (Lipinski definition) is 3. The smallest absolute Gasteiger partial charge is 0.240 e. The summed E-state index contributed by atoms with van der Waals surface area (Å²) < 4.78 is 31.7. The van der Waals surface area contributed by atoms with Crippen molar-refractivity contribution in [3.05, 3.63) is 29.8 Å². The van der Waals surface area contributed by atoms with E-state index in [1.807, 2.05) is 6.92 Å². The van der Waals surface area contributed by atoms with Crippen LogP contribution in [0.2, 0.25) is 0 Å². The fourth-order valence-corrected chi connectivity index (χ4v) is 3.53. The maximum Gasteiger partial charge on any atom is 0.240 e. The second kappa shape index (κ2) is 12.7. The van der Waals surface area contributed by atoms with Crippen molar-refractivity contribution >= 4 is 16.0 Å². The summed E-state index contributed by atoms with van der Waals surface area (Å²) in [5.74, 6) is 1.46. The molecule has 1 aromatic rings. The van der Waals surface area contributed by atoms with Gasteiger partial charge < -0.3 is 15.4 Å². The Morgan fingerprint density at radius 1 is 1.14 bits per heavy atom. The molecule has 0 bridgehead atoms. The molecule has 0 aliphatic carbocycles. The highest BCUT2D eigenvalue weighted by Gasteiger charge is 2.13. The van der Waals surface area contributed by atoms with Crippen LogP contribution >= 0.6 is 0 Å². The fraction of sp³-hybridized carbons (Fsp3) is 0.650. The van der Waals surface area contributed by atoms with Crippen molar-refractivity contribution in [1.29, 1.82) is 0 Å². The van der Waals surface area contributed by atoms with E-state index in [1.54, 1.807) is 24.3 Å². The zero-order valence-electron chi connectivity index (χ0n) is 17.8. The summed E-state index contributed by atoms with van der Waals surface area (Å²) in [5.41, 5.74) is 0.947. The Bertz CT molecular complexity index is 688. The first-order valence-corrected chi connectivity index (χ1v) is 11.4. The first kappa shape index (κ1) is 24.4. The lowest BCUT2D eigenvalue weighted by Crippen LogP contribution is -2.42. The van der Waals surface area contributed by atoms with Crippen LogP contribution in [0.1, 0.15) is 46.1 Å². The number of methoxy groups -OCH3 is 1. The van der Waals surface area contributed by atoms with Gasteiger partial charge in [0.05, 0.1) is 18.0 Å². The molecule has 0 aliphatic heterocycles. The third-order valence-electron chi connectivity index (χ3n) is 4.16. The Hall–Kier alpha value is -1.64. The van der Waals surface area contributed by atoms with Gasteiger partial charge >= 0.3 is 0 Å². The minimum atomic E-state index is -3.51. The van der Waals surface area contributed by atoms with Gasteiger partial charge in [-0.05, 0) is 50.3 Å². The number of hydrogen-bond acceptors (Lipinski definition) is 4. The average molecular weight is 413 g/mol. The summed E-state index contributed by atoms with van der Waals surface area (Å²) in [6.45, 7) is 10.5. The van der Waals surface area contributed by atoms with Crippen molar-refractivity contribution < 1.29 is 13.2 Å². The molecule has 0 fully saturated rings. The van der Waals surface area contributed by atoms with Crippen molar-refractivity contribution in [3.63, 3.8) is 0 Å². The molecular weight excluding hydrogens is 376 g/mol. The highest BCUT2D eigenvalue weighted by Crippen LogP contribution is 2.11. The van der Waals surface area contributed by atoms with Crippen molar-refractivity contribution in [1.82, 2.24) is 15.4 Å². The van der Waals surface area contributed by atoms with Gasteiger partial charge in [0.1, 0.15) is 0 Å². The molecule has 3 N–H and O–H groups in total. The first-order chi connectivity index (χ1) is 13.3. The minimum Gasteiger partial charge on any atom is -0.383 e. The summed E-state index contributed by atoms with van der Waals surface area (Å²) in [6.07, 6.45) is 2.26. The largest absolute Gasteiger partial charge is 0.383 e. The van der Waals surface area contributed by atoms with Crippen LogP contribution in [0.15, 0.2) is 34.2 Å². The molecule has 0 saturated carbocycles. The average Bonchev–Trinajstić information content (AvgIpc) is 2.65. The Kier molecular flexibility index (Phi) is 11.1. The van der Waals surface area contributed by atoms with Crippen molar-refractivity contribution in [3.8, 4) is 0 Å². The lowest BCUT2D eigenvalue weighted by molar-refractivity contribution is 0.204. The molecule has 1 atom stereocenters. The SMILES string of the molecule is CCNC(=NCc1ccc(S(=O)(=O)NCCOC)cc1)NC(C)CCC(C)C. The third-order valence-corrected chi connectivity index (χ3v) is 5.63. The normalized spacial score (nSPS) is 13.6. The molecule has 28 heavy (non-hydrogen) atoms. The van der Waals surface area contributed by atoms with Gasteiger partial charge in [-0.3, -0.25) is 0 Å². The van der Waals surface area contributed by atoms with E-state index < -0.39 is 10.0 Å². The standard InChI is InChI=1S/C20H36N4O3S/c1-6-21-20(24-17(4)8-7-16(2)3)22-15-18-9-11-19(12-10-18)28(25,26)23-13-14-27-5/h9-12,16-17,23H,6-8,13-15H2,1-5H3,(H2,21,22,24). The quantitative estimate of drug-likeness (QED) is 0.279. The molecule has 0 heterocycles. The molecule has 0 amide bonds. The van der Waals surface area contributed by atoms with Crippen molar-refractivity contribution in [2.75, 3.05) is 26.8 Å². The third kappa shape index (κ3) is 9.52. The molecule has 1 unspecified atom stereocenters. The molecule has 7 nitrogen and oxygen atoms in total. The van der Waals surface area contributed by atoms with E-state index in [1.165, 1.54) is 13.5 Å². The van der Waals surface area contributed by atoms with Gasteiger partial charge in [-0.2, -0.15) is 0 Å². The summed E-state index contributed by atoms with van der Waals surface area (Å²) in [4.78, 5) is 4.86. The molecule has 0 aromatic heterocycles. The van der Waals surface area contributed by atoms with E-state index in [9.17, 15) is 8.42 Å². The molecule has 8 heteroatoms. The fourth-order valence-electron chi connectivity index (χ4n) is 2.51. The number of aliphatic imine (C=N–C) groups is 1. The van der Waals surface area contributed by atoms with E-state index in [4.69, 9.17) is 4.74 Å². The Balaban J connectivity index is 2.69. The molecule has 0 aliphatic rings. The van der Waals surface area contributed by atoms with Crippen LogP contribution < -0.4 is 15.4 Å². The number of rotatable bonds is 12. The molecule has 1 aromatic carbocycles. The van der Waals surface area contributed by atoms with Gasteiger partial charge in [-0.25, -0.2) is 18.1 Å². The highest BCUT2D eigenvalue weighted by atomic mass is 32.2. The zero-order valence-corrected chi connectivity index (χ0v) is 18.6. The van der Waals surface area contributed by atoms with E-state index in [2.05, 4.69) is 41.1 Å². The Morgan fingerprint density at radius 3 is 2.39 bits per heavy atom. The lowest BCUT2D eigenvalue weighted by atomic mass is 10.0. The van der Waals surface area contributed by atoms with Gasteiger partial charge in [0.25, 0.3) is 0 Å². The van der Waals surface area contributed by atoms with Crippen LogP contribution in [-0.4, -0.2) is 47.2 Å². The molecule has 0 saturated heterocycles. The molecule has 160 valence electrons. The number of nitrogens with zero attached hydrogens (tertiary/aromatic N) is 1. The van der Waals surface area contributed by atoms with Gasteiger partial charge in [0, 0.05) is 26.2 Å². The predicted molar refractivity (Wildman–Crippen MR) is 115 cm³/mol. The second-order valence-corrected chi connectivity index (χ2v) is 9.01. The minimum absolute atomic E-state index is 0.240. The van der Waals surface area contributed by atoms with Crippen LogP contribution in [0.25, 0.3) is 0 Å². The lowest BCUT2D eigenvalue weighted by Gasteiger charge is -2.18. The monoisotopic (exact) mass is 412 g/mol. The summed E-state index contributed by atoms with van der Waals surface area (Å²) >= 11 is 0. The van der Waals surface area contributed by atoms with E-state index >= 15 is 0 Å². The molecule has 0 spiro atoms. The molecule has 1 rings (SSSR count). The number of benzene rings is 1. The Morgan fingerprint density at radius 2 is 1.82 bits per heavy atom. The van der Waals surface area contributed by atoms with Crippen LogP contribution in [0.4, 0.5) is 0 Å². The van der Waals surface area contributed by atoms with E-state index in [0.717, 1.165) is 24.5 Å². The van der Waals surface area contributed by atoms with E-state index in [0.29, 0.717) is 25.1 Å². The highest BCUT2D eigenvalue weighted by molar-refractivity contribution is 7.89. The number of sulfonamides is 1. The van der Waals surface area contributed by atoms with Crippen LogP contribution in [-0.2, 0) is 21.3 Å². The van der Waals surface area contributed by atoms with Gasteiger partial charge in [0.15, 0.2) is 5.96 Å². The van der Waals surface area contributed by atoms with Crippen molar-refractivity contribution in [2.24, 2.45) is 10.9 Å². The molecular formula is C20H36N4O3S. The maximum atomic E-state index is 12.2. The zero-order chi connectivity index (χ0) is 21.0. The maximum absolute atomic E-state index is 12.2. The molecule has 0 radical (unpaired) electrons.